The summed E-state index contributed by atoms with van der Waals surface area (Å²) in [6.45, 7) is 4.89. The zero-order chi connectivity index (χ0) is 49.3. The predicted octanol–water partition coefficient (Wildman–Crippen LogP) is 19.0. The van der Waals surface area contributed by atoms with Crippen molar-refractivity contribution in [3.05, 3.63) is 24.3 Å². The average Bonchev–Trinajstić information content (AvgIpc) is 3.34. The van der Waals surface area contributed by atoms with Crippen LogP contribution in [0.25, 0.3) is 0 Å². The van der Waals surface area contributed by atoms with E-state index in [4.69, 9.17) is 4.74 Å². The molecule has 6 heteroatoms. The molecule has 0 spiro atoms. The molecule has 0 saturated carbocycles. The lowest BCUT2D eigenvalue weighted by Crippen LogP contribution is -2.45. The molecule has 0 aromatic heterocycles. The first-order valence-electron chi connectivity index (χ1n) is 30.6. The molecule has 1 amide bonds. The number of aliphatic hydroxyl groups excluding tert-OH is 2. The maximum atomic E-state index is 12.4. The van der Waals surface area contributed by atoms with Gasteiger partial charge in [0.25, 0.3) is 0 Å². The van der Waals surface area contributed by atoms with Gasteiger partial charge in [0, 0.05) is 12.8 Å². The zero-order valence-corrected chi connectivity index (χ0v) is 45.9. The molecule has 0 radical (unpaired) electrons. The summed E-state index contributed by atoms with van der Waals surface area (Å²) in [5, 5.41) is 23.0. The molecular weight excluding hydrogens is 839 g/mol. The summed E-state index contributed by atoms with van der Waals surface area (Å²) in [7, 11) is 0. The summed E-state index contributed by atoms with van der Waals surface area (Å²) >= 11 is 0. The standard InChI is InChI=1S/C62H119NO5/c1-3-5-7-9-11-13-15-16-17-26-30-33-36-40-44-48-52-56-62(67)68-57-53-49-45-41-37-34-31-28-25-23-21-19-18-20-22-24-27-29-32-35-39-43-47-51-55-61(66)63-59(58-64)60(65)54-50-46-42-38-14-12-10-8-6-4-2/h16-17,50,54,59-60,64-65H,3-15,18-49,51-53,55-58H2,1-2H3,(H,63,66)/b17-16-,54-50+. The fraction of sp³-hybridized carbons (Fsp3) is 0.903. The van der Waals surface area contributed by atoms with Gasteiger partial charge in [0.05, 0.1) is 25.4 Å². The number of rotatable bonds is 57. The van der Waals surface area contributed by atoms with Crippen LogP contribution in [0.3, 0.4) is 0 Å². The third-order valence-electron chi connectivity index (χ3n) is 14.2. The van der Waals surface area contributed by atoms with E-state index < -0.39 is 12.1 Å². The van der Waals surface area contributed by atoms with Gasteiger partial charge in [0.1, 0.15) is 0 Å². The van der Waals surface area contributed by atoms with Crippen LogP contribution in [0, 0.1) is 0 Å². The second kappa shape index (κ2) is 57.9. The Kier molecular flexibility index (Phi) is 56.5. The highest BCUT2D eigenvalue weighted by Gasteiger charge is 2.18. The molecular formula is C62H119NO5. The lowest BCUT2D eigenvalue weighted by Gasteiger charge is -2.20. The number of ether oxygens (including phenoxy) is 1. The highest BCUT2D eigenvalue weighted by Crippen LogP contribution is 2.17. The molecule has 0 aromatic rings. The van der Waals surface area contributed by atoms with Gasteiger partial charge in [-0.25, -0.2) is 0 Å². The number of hydrogen-bond donors (Lipinski definition) is 3. The van der Waals surface area contributed by atoms with E-state index in [0.29, 0.717) is 19.4 Å². The molecule has 0 aliphatic heterocycles. The van der Waals surface area contributed by atoms with E-state index in [2.05, 4.69) is 31.3 Å². The summed E-state index contributed by atoms with van der Waals surface area (Å²) in [5.74, 6) is -0.0562. The van der Waals surface area contributed by atoms with E-state index >= 15 is 0 Å². The van der Waals surface area contributed by atoms with Gasteiger partial charge in [-0.2, -0.15) is 0 Å². The van der Waals surface area contributed by atoms with Gasteiger partial charge in [0.2, 0.25) is 5.91 Å². The molecule has 2 atom stereocenters. The number of nitrogens with one attached hydrogen (secondary N) is 1. The van der Waals surface area contributed by atoms with Gasteiger partial charge in [-0.15, -0.1) is 0 Å². The Labute approximate surface area is 424 Å². The Morgan fingerprint density at radius 2 is 0.691 bits per heavy atom. The van der Waals surface area contributed by atoms with Crippen LogP contribution < -0.4 is 5.32 Å². The number of carbonyl (C=O) groups is 2. The Balaban J connectivity index is 3.34. The molecule has 0 heterocycles. The van der Waals surface area contributed by atoms with Gasteiger partial charge in [-0.3, -0.25) is 9.59 Å². The third-order valence-corrected chi connectivity index (χ3v) is 14.2. The molecule has 6 nitrogen and oxygen atoms in total. The first kappa shape index (κ1) is 66.3. The number of carbonyl (C=O) groups excluding carboxylic acids is 2. The Hall–Kier alpha value is -1.66. The monoisotopic (exact) mass is 958 g/mol. The highest BCUT2D eigenvalue weighted by molar-refractivity contribution is 5.76. The Morgan fingerprint density at radius 3 is 1.04 bits per heavy atom. The van der Waals surface area contributed by atoms with E-state index in [9.17, 15) is 19.8 Å². The minimum absolute atomic E-state index is 0.0117. The van der Waals surface area contributed by atoms with Crippen LogP contribution in [0.15, 0.2) is 24.3 Å². The van der Waals surface area contributed by atoms with Gasteiger partial charge in [0.15, 0.2) is 0 Å². The van der Waals surface area contributed by atoms with Crippen molar-refractivity contribution < 1.29 is 24.5 Å². The lowest BCUT2D eigenvalue weighted by atomic mass is 10.0. The number of aliphatic hydroxyl groups is 2. The van der Waals surface area contributed by atoms with Crippen molar-refractivity contribution in [2.24, 2.45) is 0 Å². The van der Waals surface area contributed by atoms with Crippen molar-refractivity contribution in [3.63, 3.8) is 0 Å². The Bertz CT molecular complexity index is 1060. The number of esters is 1. The molecule has 0 aromatic carbocycles. The van der Waals surface area contributed by atoms with E-state index in [0.717, 1.165) is 44.9 Å². The number of unbranched alkanes of at least 4 members (excludes halogenated alkanes) is 44. The average molecular weight is 959 g/mol. The summed E-state index contributed by atoms with van der Waals surface area (Å²) < 4.78 is 5.49. The maximum Gasteiger partial charge on any atom is 0.305 e. The van der Waals surface area contributed by atoms with Crippen LogP contribution in [0.5, 0.6) is 0 Å². The molecule has 68 heavy (non-hydrogen) atoms. The molecule has 0 aliphatic rings. The summed E-state index contributed by atoms with van der Waals surface area (Å²) in [6.07, 6.45) is 70.8. The first-order chi connectivity index (χ1) is 33.5. The fourth-order valence-electron chi connectivity index (χ4n) is 9.51. The molecule has 2 unspecified atom stereocenters. The molecule has 0 fully saturated rings. The smallest absolute Gasteiger partial charge is 0.305 e. The molecule has 402 valence electrons. The second-order valence-electron chi connectivity index (χ2n) is 21.0. The maximum absolute atomic E-state index is 12.4. The van der Waals surface area contributed by atoms with Gasteiger partial charge in [-0.1, -0.05) is 289 Å². The normalized spacial score (nSPS) is 12.7. The second-order valence-corrected chi connectivity index (χ2v) is 21.0. The third kappa shape index (κ3) is 53.7. The molecule has 3 N–H and O–H groups in total. The molecule has 0 rings (SSSR count). The number of allylic oxidation sites excluding steroid dienone is 3. The predicted molar refractivity (Wildman–Crippen MR) is 296 cm³/mol. The SMILES string of the molecule is CCCCCCCC/C=C\CCCCCCCCCC(=O)OCCCCCCCCCCCCCCCCCCCCCCCCCCC(=O)NC(CO)C(O)/C=C/CCCCCCCCCC. The van der Waals surface area contributed by atoms with Crippen molar-refractivity contribution in [2.75, 3.05) is 13.2 Å². The van der Waals surface area contributed by atoms with Crippen molar-refractivity contribution >= 4 is 11.9 Å². The largest absolute Gasteiger partial charge is 0.466 e. The zero-order valence-electron chi connectivity index (χ0n) is 45.9. The van der Waals surface area contributed by atoms with Crippen LogP contribution in [-0.2, 0) is 14.3 Å². The van der Waals surface area contributed by atoms with Crippen LogP contribution in [0.4, 0.5) is 0 Å². The minimum Gasteiger partial charge on any atom is -0.466 e. The molecule has 0 saturated heterocycles. The highest BCUT2D eigenvalue weighted by atomic mass is 16.5. The van der Waals surface area contributed by atoms with E-state index in [1.165, 1.54) is 263 Å². The van der Waals surface area contributed by atoms with Crippen molar-refractivity contribution in [1.82, 2.24) is 5.32 Å². The van der Waals surface area contributed by atoms with Crippen LogP contribution in [0.2, 0.25) is 0 Å². The summed E-state index contributed by atoms with van der Waals surface area (Å²) in [5.41, 5.74) is 0. The lowest BCUT2D eigenvalue weighted by molar-refractivity contribution is -0.143. The van der Waals surface area contributed by atoms with Crippen molar-refractivity contribution in [1.29, 1.82) is 0 Å². The number of hydrogen-bond acceptors (Lipinski definition) is 5. The molecule has 0 bridgehead atoms. The summed E-state index contributed by atoms with van der Waals surface area (Å²) in [4.78, 5) is 24.5. The van der Waals surface area contributed by atoms with Crippen molar-refractivity contribution in [2.45, 2.75) is 347 Å². The van der Waals surface area contributed by atoms with Crippen LogP contribution in [0.1, 0.15) is 335 Å². The van der Waals surface area contributed by atoms with Crippen LogP contribution >= 0.6 is 0 Å². The van der Waals surface area contributed by atoms with E-state index in [1.807, 2.05) is 6.08 Å². The minimum atomic E-state index is -0.841. The van der Waals surface area contributed by atoms with Gasteiger partial charge < -0.3 is 20.3 Å². The summed E-state index contributed by atoms with van der Waals surface area (Å²) in [6, 6.07) is -0.625. The van der Waals surface area contributed by atoms with Crippen molar-refractivity contribution in [3.8, 4) is 0 Å². The Morgan fingerprint density at radius 1 is 0.397 bits per heavy atom. The number of amides is 1. The molecule has 0 aliphatic carbocycles. The first-order valence-corrected chi connectivity index (χ1v) is 30.6. The van der Waals surface area contributed by atoms with E-state index in [1.54, 1.807) is 6.08 Å². The van der Waals surface area contributed by atoms with Gasteiger partial charge >= 0.3 is 5.97 Å². The van der Waals surface area contributed by atoms with Gasteiger partial charge in [-0.05, 0) is 57.8 Å². The fourth-order valence-corrected chi connectivity index (χ4v) is 9.51. The quantitative estimate of drug-likeness (QED) is 0.0321. The van der Waals surface area contributed by atoms with E-state index in [-0.39, 0.29) is 18.5 Å². The van der Waals surface area contributed by atoms with Crippen LogP contribution in [-0.4, -0.2) is 47.4 Å². The topological polar surface area (TPSA) is 95.9 Å².